The quantitative estimate of drug-likeness (QED) is 0.860. The first-order valence-electron chi connectivity index (χ1n) is 7.30. The van der Waals surface area contributed by atoms with E-state index in [1.54, 1.807) is 49.4 Å². The first kappa shape index (κ1) is 16.7. The van der Waals surface area contributed by atoms with Gasteiger partial charge in [0.25, 0.3) is 0 Å². The molecule has 5 heteroatoms. The molecule has 0 bridgehead atoms. The molecule has 0 aliphatic heterocycles. The molecule has 0 fully saturated rings. The van der Waals surface area contributed by atoms with Gasteiger partial charge in [-0.25, -0.2) is 4.39 Å². The summed E-state index contributed by atoms with van der Waals surface area (Å²) in [5, 5.41) is 11.8. The molecule has 2 rings (SSSR count). The van der Waals surface area contributed by atoms with Crippen LogP contribution in [0.15, 0.2) is 54.6 Å². The van der Waals surface area contributed by atoms with E-state index in [4.69, 9.17) is 5.11 Å². The molecule has 2 atom stereocenters. The van der Waals surface area contributed by atoms with Gasteiger partial charge in [-0.05, 0) is 24.1 Å². The Hall–Kier alpha value is -2.69. The van der Waals surface area contributed by atoms with Crippen LogP contribution in [0.5, 0.6) is 0 Å². The van der Waals surface area contributed by atoms with Crippen molar-refractivity contribution in [3.63, 3.8) is 0 Å². The van der Waals surface area contributed by atoms with Crippen molar-refractivity contribution < 1.29 is 19.1 Å². The molecule has 4 nitrogen and oxygen atoms in total. The predicted octanol–water partition coefficient (Wildman–Crippen LogP) is 3.26. The van der Waals surface area contributed by atoms with Crippen molar-refractivity contribution in [2.45, 2.75) is 25.3 Å². The Morgan fingerprint density at radius 2 is 1.70 bits per heavy atom. The molecule has 0 spiro atoms. The standard InChI is InChI=1S/C18H18FNO3/c1-12(14-9-5-6-10-15(14)19)18(23)20-16(11-17(21)22)13-7-3-2-4-8-13/h2-10,12,16H,11H2,1H3,(H,20,23)(H,21,22)/t12-,16-/m0/s1. The van der Waals surface area contributed by atoms with Crippen LogP contribution in [0.25, 0.3) is 0 Å². The van der Waals surface area contributed by atoms with E-state index in [9.17, 15) is 14.0 Å². The van der Waals surface area contributed by atoms with E-state index in [0.29, 0.717) is 5.56 Å². The van der Waals surface area contributed by atoms with E-state index in [1.165, 1.54) is 6.07 Å². The Labute approximate surface area is 134 Å². The van der Waals surface area contributed by atoms with Crippen molar-refractivity contribution in [1.29, 1.82) is 0 Å². The average molecular weight is 315 g/mol. The molecule has 2 aromatic rings. The maximum absolute atomic E-state index is 13.8. The number of halogens is 1. The lowest BCUT2D eigenvalue weighted by Crippen LogP contribution is -2.33. The second kappa shape index (κ2) is 7.54. The lowest BCUT2D eigenvalue weighted by molar-refractivity contribution is -0.137. The SMILES string of the molecule is C[C@H](C(=O)N[C@@H](CC(=O)O)c1ccccc1)c1ccccc1F. The van der Waals surface area contributed by atoms with Crippen LogP contribution in [0, 0.1) is 5.82 Å². The molecule has 0 radical (unpaired) electrons. The Bertz CT molecular complexity index is 688. The number of carboxylic acids is 1. The summed E-state index contributed by atoms with van der Waals surface area (Å²) in [6.07, 6.45) is -0.236. The second-order valence-corrected chi connectivity index (χ2v) is 5.31. The molecular weight excluding hydrogens is 297 g/mol. The largest absolute Gasteiger partial charge is 0.481 e. The smallest absolute Gasteiger partial charge is 0.305 e. The summed E-state index contributed by atoms with van der Waals surface area (Å²) in [6.45, 7) is 1.59. The summed E-state index contributed by atoms with van der Waals surface area (Å²) in [6, 6.07) is 14.3. The highest BCUT2D eigenvalue weighted by molar-refractivity contribution is 5.84. The summed E-state index contributed by atoms with van der Waals surface area (Å²) in [7, 11) is 0. The van der Waals surface area contributed by atoms with Gasteiger partial charge in [0, 0.05) is 0 Å². The zero-order valence-electron chi connectivity index (χ0n) is 12.7. The van der Waals surface area contributed by atoms with Gasteiger partial charge in [0.15, 0.2) is 0 Å². The van der Waals surface area contributed by atoms with Crippen molar-refractivity contribution in [3.8, 4) is 0 Å². The second-order valence-electron chi connectivity index (χ2n) is 5.31. The van der Waals surface area contributed by atoms with Gasteiger partial charge >= 0.3 is 5.97 Å². The van der Waals surface area contributed by atoms with Crippen LogP contribution >= 0.6 is 0 Å². The summed E-state index contributed by atoms with van der Waals surface area (Å²) >= 11 is 0. The van der Waals surface area contributed by atoms with Gasteiger partial charge in [0.05, 0.1) is 18.4 Å². The first-order valence-corrected chi connectivity index (χ1v) is 7.30. The van der Waals surface area contributed by atoms with Gasteiger partial charge in [0.1, 0.15) is 5.82 Å². The topological polar surface area (TPSA) is 66.4 Å². The highest BCUT2D eigenvalue weighted by atomic mass is 19.1. The fourth-order valence-electron chi connectivity index (χ4n) is 2.38. The Kier molecular flexibility index (Phi) is 5.46. The van der Waals surface area contributed by atoms with E-state index in [2.05, 4.69) is 5.32 Å². The van der Waals surface area contributed by atoms with Gasteiger partial charge in [-0.1, -0.05) is 48.5 Å². The Balaban J connectivity index is 2.17. The number of hydrogen-bond donors (Lipinski definition) is 2. The molecule has 23 heavy (non-hydrogen) atoms. The highest BCUT2D eigenvalue weighted by Gasteiger charge is 2.23. The molecule has 1 amide bonds. The third-order valence-electron chi connectivity index (χ3n) is 3.66. The van der Waals surface area contributed by atoms with Crippen LogP contribution in [0.4, 0.5) is 4.39 Å². The van der Waals surface area contributed by atoms with Crippen LogP contribution in [0.1, 0.15) is 36.4 Å². The Morgan fingerprint density at radius 1 is 1.09 bits per heavy atom. The molecule has 2 N–H and O–H groups in total. The molecule has 0 heterocycles. The lowest BCUT2D eigenvalue weighted by Gasteiger charge is -2.20. The molecule has 120 valence electrons. The van der Waals surface area contributed by atoms with E-state index < -0.39 is 29.7 Å². The number of hydrogen-bond acceptors (Lipinski definition) is 2. The number of carbonyl (C=O) groups excluding carboxylic acids is 1. The third kappa shape index (κ3) is 4.39. The molecule has 0 aliphatic rings. The van der Waals surface area contributed by atoms with E-state index >= 15 is 0 Å². The molecular formula is C18H18FNO3. The maximum atomic E-state index is 13.8. The van der Waals surface area contributed by atoms with E-state index in [1.807, 2.05) is 6.07 Å². The molecule has 0 aliphatic carbocycles. The zero-order valence-corrected chi connectivity index (χ0v) is 12.7. The minimum atomic E-state index is -1.02. The summed E-state index contributed by atoms with van der Waals surface area (Å²) in [5.41, 5.74) is 0.983. The van der Waals surface area contributed by atoms with E-state index in [-0.39, 0.29) is 12.0 Å². The van der Waals surface area contributed by atoms with Gasteiger partial charge in [-0.3, -0.25) is 9.59 Å². The Morgan fingerprint density at radius 3 is 2.30 bits per heavy atom. The number of carboxylic acid groups (broad SMARTS) is 1. The summed E-state index contributed by atoms with van der Waals surface area (Å²) in [5.74, 6) is -2.59. The number of benzene rings is 2. The van der Waals surface area contributed by atoms with Crippen LogP contribution < -0.4 is 5.32 Å². The number of nitrogens with one attached hydrogen (secondary N) is 1. The van der Waals surface area contributed by atoms with Crippen molar-refractivity contribution in [2.75, 3.05) is 0 Å². The minimum Gasteiger partial charge on any atom is -0.481 e. The van der Waals surface area contributed by atoms with Gasteiger partial charge in [-0.2, -0.15) is 0 Å². The molecule has 0 unspecified atom stereocenters. The fraction of sp³-hybridized carbons (Fsp3) is 0.222. The summed E-state index contributed by atoms with van der Waals surface area (Å²) < 4.78 is 13.8. The predicted molar refractivity (Wildman–Crippen MR) is 84.4 cm³/mol. The van der Waals surface area contributed by atoms with Crippen molar-refractivity contribution in [3.05, 3.63) is 71.5 Å². The monoisotopic (exact) mass is 315 g/mol. The van der Waals surface area contributed by atoms with Crippen molar-refractivity contribution in [2.24, 2.45) is 0 Å². The molecule has 0 saturated carbocycles. The van der Waals surface area contributed by atoms with Crippen LogP contribution in [0.3, 0.4) is 0 Å². The highest BCUT2D eigenvalue weighted by Crippen LogP contribution is 2.22. The fourth-order valence-corrected chi connectivity index (χ4v) is 2.38. The van der Waals surface area contributed by atoms with Crippen molar-refractivity contribution in [1.82, 2.24) is 5.32 Å². The van der Waals surface area contributed by atoms with Crippen LogP contribution in [-0.4, -0.2) is 17.0 Å². The molecule has 0 saturated heterocycles. The zero-order chi connectivity index (χ0) is 16.8. The minimum absolute atomic E-state index is 0.236. The third-order valence-corrected chi connectivity index (χ3v) is 3.66. The molecule has 0 aromatic heterocycles. The van der Waals surface area contributed by atoms with Gasteiger partial charge < -0.3 is 10.4 Å². The maximum Gasteiger partial charge on any atom is 0.305 e. The number of carbonyl (C=O) groups is 2. The van der Waals surface area contributed by atoms with Crippen molar-refractivity contribution >= 4 is 11.9 Å². The lowest BCUT2D eigenvalue weighted by atomic mass is 9.97. The van der Waals surface area contributed by atoms with Gasteiger partial charge in [-0.15, -0.1) is 0 Å². The molecule has 2 aromatic carbocycles. The number of amides is 1. The van der Waals surface area contributed by atoms with Gasteiger partial charge in [0.2, 0.25) is 5.91 Å². The average Bonchev–Trinajstić information content (AvgIpc) is 2.54. The normalized spacial score (nSPS) is 13.1. The number of aliphatic carboxylic acids is 1. The van der Waals surface area contributed by atoms with Crippen LogP contribution in [0.2, 0.25) is 0 Å². The van der Waals surface area contributed by atoms with E-state index in [0.717, 1.165) is 0 Å². The summed E-state index contributed by atoms with van der Waals surface area (Å²) in [4.78, 5) is 23.4. The first-order chi connectivity index (χ1) is 11.0. The van der Waals surface area contributed by atoms with Crippen LogP contribution in [-0.2, 0) is 9.59 Å². The number of rotatable bonds is 6.